The minimum atomic E-state index is -0.523. The van der Waals surface area contributed by atoms with Crippen molar-refractivity contribution in [3.63, 3.8) is 0 Å². The fourth-order valence-electron chi connectivity index (χ4n) is 1.47. The van der Waals surface area contributed by atoms with Gasteiger partial charge in [0.25, 0.3) is 0 Å². The Bertz CT molecular complexity index is 601. The second-order valence-electron chi connectivity index (χ2n) is 3.53. The summed E-state index contributed by atoms with van der Waals surface area (Å²) in [6, 6.07) is 9.18. The van der Waals surface area contributed by atoms with Gasteiger partial charge in [-0.3, -0.25) is 0 Å². The quantitative estimate of drug-likeness (QED) is 0.782. The normalized spacial score (nSPS) is 10.2. The monoisotopic (exact) mass is 265 g/mol. The lowest BCUT2D eigenvalue weighted by atomic mass is 10.1. The fourth-order valence-corrected chi connectivity index (χ4v) is 1.65. The van der Waals surface area contributed by atoms with Crippen LogP contribution in [0.3, 0.4) is 0 Å². The van der Waals surface area contributed by atoms with E-state index in [1.54, 1.807) is 24.3 Å². The summed E-state index contributed by atoms with van der Waals surface area (Å²) < 4.78 is 17.6. The minimum absolute atomic E-state index is 0.0118. The predicted octanol–water partition coefficient (Wildman–Crippen LogP) is 3.33. The summed E-state index contributed by atoms with van der Waals surface area (Å²) in [5, 5.41) is 0.0118. The Morgan fingerprint density at radius 1 is 1.33 bits per heavy atom. The Morgan fingerprint density at radius 2 is 2.11 bits per heavy atom. The zero-order chi connectivity index (χ0) is 13.1. The highest BCUT2D eigenvalue weighted by Crippen LogP contribution is 2.23. The molecular formula is C13H9ClFNO2. The molecule has 0 fully saturated rings. The molecule has 0 unspecified atom stereocenters. The summed E-state index contributed by atoms with van der Waals surface area (Å²) in [5.41, 5.74) is 1.35. The molecule has 0 saturated heterocycles. The van der Waals surface area contributed by atoms with Crippen LogP contribution in [0.4, 0.5) is 4.39 Å². The Kier molecular flexibility index (Phi) is 3.58. The average Bonchev–Trinajstić information content (AvgIpc) is 2.41. The van der Waals surface area contributed by atoms with Crippen LogP contribution in [0.2, 0.25) is 5.02 Å². The number of benzene rings is 1. The number of halogens is 2. The zero-order valence-electron chi connectivity index (χ0n) is 9.48. The molecule has 1 aromatic heterocycles. The summed E-state index contributed by atoms with van der Waals surface area (Å²) in [5.74, 6) is -1.02. The molecular weight excluding hydrogens is 257 g/mol. The van der Waals surface area contributed by atoms with Crippen LogP contribution in [-0.4, -0.2) is 18.1 Å². The van der Waals surface area contributed by atoms with E-state index in [0.717, 1.165) is 0 Å². The molecule has 2 aromatic rings. The molecule has 0 amide bonds. The maximum Gasteiger partial charge on any atom is 0.356 e. The standard InChI is InChI=1S/C13H9ClFNO2/c1-18-13(17)12-4-2-3-11(16-12)8-5-6-10(15)9(14)7-8/h2-7H,1H3. The second-order valence-corrected chi connectivity index (χ2v) is 3.94. The molecule has 0 N–H and O–H groups in total. The van der Waals surface area contributed by atoms with E-state index >= 15 is 0 Å². The van der Waals surface area contributed by atoms with E-state index in [9.17, 15) is 9.18 Å². The average molecular weight is 266 g/mol. The van der Waals surface area contributed by atoms with E-state index < -0.39 is 11.8 Å². The van der Waals surface area contributed by atoms with Crippen LogP contribution in [0.1, 0.15) is 10.5 Å². The zero-order valence-corrected chi connectivity index (χ0v) is 10.2. The maximum atomic E-state index is 13.1. The molecule has 18 heavy (non-hydrogen) atoms. The molecule has 0 aliphatic carbocycles. The fraction of sp³-hybridized carbons (Fsp3) is 0.0769. The number of methoxy groups -OCH3 is 1. The van der Waals surface area contributed by atoms with Gasteiger partial charge in [0, 0.05) is 5.56 Å². The topological polar surface area (TPSA) is 39.2 Å². The largest absolute Gasteiger partial charge is 0.464 e. The summed E-state index contributed by atoms with van der Waals surface area (Å²) in [6.45, 7) is 0. The van der Waals surface area contributed by atoms with Crippen molar-refractivity contribution in [1.29, 1.82) is 0 Å². The number of carbonyl (C=O) groups excluding carboxylic acids is 1. The van der Waals surface area contributed by atoms with Gasteiger partial charge in [-0.2, -0.15) is 0 Å². The molecule has 92 valence electrons. The third kappa shape index (κ3) is 2.49. The lowest BCUT2D eigenvalue weighted by Crippen LogP contribution is -2.04. The van der Waals surface area contributed by atoms with Gasteiger partial charge in [0.05, 0.1) is 17.8 Å². The molecule has 0 radical (unpaired) electrons. The van der Waals surface area contributed by atoms with Gasteiger partial charge in [0.1, 0.15) is 11.5 Å². The lowest BCUT2D eigenvalue weighted by Gasteiger charge is -2.04. The van der Waals surface area contributed by atoms with Crippen molar-refractivity contribution in [2.75, 3.05) is 7.11 Å². The van der Waals surface area contributed by atoms with Gasteiger partial charge in [-0.25, -0.2) is 14.2 Å². The molecule has 0 bridgehead atoms. The number of carbonyl (C=O) groups is 1. The maximum absolute atomic E-state index is 13.1. The number of rotatable bonds is 2. The van der Waals surface area contributed by atoms with Crippen LogP contribution in [0.25, 0.3) is 11.3 Å². The molecule has 5 heteroatoms. The first-order valence-corrected chi connectivity index (χ1v) is 5.50. The smallest absolute Gasteiger partial charge is 0.356 e. The summed E-state index contributed by atoms with van der Waals surface area (Å²) in [6.07, 6.45) is 0. The number of pyridine rings is 1. The van der Waals surface area contributed by atoms with Crippen LogP contribution >= 0.6 is 11.6 Å². The number of hydrogen-bond donors (Lipinski definition) is 0. The van der Waals surface area contributed by atoms with Gasteiger partial charge in [-0.1, -0.05) is 17.7 Å². The third-order valence-corrected chi connectivity index (χ3v) is 2.65. The molecule has 1 heterocycles. The van der Waals surface area contributed by atoms with Crippen LogP contribution in [0, 0.1) is 5.82 Å². The number of nitrogens with zero attached hydrogens (tertiary/aromatic N) is 1. The number of ether oxygens (including phenoxy) is 1. The van der Waals surface area contributed by atoms with Gasteiger partial charge in [-0.05, 0) is 30.3 Å². The van der Waals surface area contributed by atoms with E-state index in [1.807, 2.05) is 0 Å². The molecule has 1 aromatic carbocycles. The van der Waals surface area contributed by atoms with Crippen molar-refractivity contribution in [2.45, 2.75) is 0 Å². The van der Waals surface area contributed by atoms with E-state index in [2.05, 4.69) is 9.72 Å². The Hall–Kier alpha value is -1.94. The predicted molar refractivity (Wildman–Crippen MR) is 66.0 cm³/mol. The van der Waals surface area contributed by atoms with Crippen molar-refractivity contribution >= 4 is 17.6 Å². The van der Waals surface area contributed by atoms with Crippen molar-refractivity contribution in [3.05, 3.63) is 52.9 Å². The minimum Gasteiger partial charge on any atom is -0.464 e. The number of aromatic nitrogens is 1. The molecule has 0 aliphatic rings. The van der Waals surface area contributed by atoms with Gasteiger partial charge in [-0.15, -0.1) is 0 Å². The second kappa shape index (κ2) is 5.14. The van der Waals surface area contributed by atoms with Gasteiger partial charge < -0.3 is 4.74 Å². The van der Waals surface area contributed by atoms with Crippen molar-refractivity contribution in [1.82, 2.24) is 4.98 Å². The highest BCUT2D eigenvalue weighted by Gasteiger charge is 2.09. The first-order valence-electron chi connectivity index (χ1n) is 5.12. The third-order valence-electron chi connectivity index (χ3n) is 2.36. The van der Waals surface area contributed by atoms with Crippen molar-refractivity contribution in [3.8, 4) is 11.3 Å². The molecule has 0 saturated carbocycles. The highest BCUT2D eigenvalue weighted by atomic mass is 35.5. The van der Waals surface area contributed by atoms with E-state index in [0.29, 0.717) is 11.3 Å². The van der Waals surface area contributed by atoms with Crippen molar-refractivity contribution in [2.24, 2.45) is 0 Å². The number of esters is 1. The molecule has 2 rings (SSSR count). The molecule has 0 spiro atoms. The van der Waals surface area contributed by atoms with E-state index in [-0.39, 0.29) is 10.7 Å². The number of hydrogen-bond acceptors (Lipinski definition) is 3. The van der Waals surface area contributed by atoms with E-state index in [4.69, 9.17) is 11.6 Å². The van der Waals surface area contributed by atoms with Crippen molar-refractivity contribution < 1.29 is 13.9 Å². The lowest BCUT2D eigenvalue weighted by molar-refractivity contribution is 0.0594. The van der Waals surface area contributed by atoms with Crippen LogP contribution < -0.4 is 0 Å². The van der Waals surface area contributed by atoms with Crippen LogP contribution in [0.5, 0.6) is 0 Å². The Morgan fingerprint density at radius 3 is 2.78 bits per heavy atom. The van der Waals surface area contributed by atoms with Gasteiger partial charge in [0.2, 0.25) is 0 Å². The van der Waals surface area contributed by atoms with Gasteiger partial charge >= 0.3 is 5.97 Å². The summed E-state index contributed by atoms with van der Waals surface area (Å²) >= 11 is 5.70. The SMILES string of the molecule is COC(=O)c1cccc(-c2ccc(F)c(Cl)c2)n1. The molecule has 3 nitrogen and oxygen atoms in total. The summed E-state index contributed by atoms with van der Waals surface area (Å²) in [7, 11) is 1.28. The van der Waals surface area contributed by atoms with Crippen LogP contribution in [0.15, 0.2) is 36.4 Å². The first kappa shape index (κ1) is 12.5. The Labute approximate surface area is 108 Å². The summed E-state index contributed by atoms with van der Waals surface area (Å²) in [4.78, 5) is 15.5. The van der Waals surface area contributed by atoms with Crippen LogP contribution in [-0.2, 0) is 4.74 Å². The van der Waals surface area contributed by atoms with E-state index in [1.165, 1.54) is 19.2 Å². The molecule has 0 aliphatic heterocycles. The highest BCUT2D eigenvalue weighted by molar-refractivity contribution is 6.31. The first-order chi connectivity index (χ1) is 8.61. The molecule has 0 atom stereocenters. The Balaban J connectivity index is 2.44. The van der Waals surface area contributed by atoms with Gasteiger partial charge in [0.15, 0.2) is 0 Å².